The quantitative estimate of drug-likeness (QED) is 0.454. The van der Waals surface area contributed by atoms with Gasteiger partial charge in [0.25, 0.3) is 5.91 Å². The monoisotopic (exact) mass is 546 g/mol. The van der Waals surface area contributed by atoms with Crippen LogP contribution in [0.5, 0.6) is 11.5 Å². The lowest BCUT2D eigenvalue weighted by Crippen LogP contribution is -2.51. The van der Waals surface area contributed by atoms with Crippen molar-refractivity contribution in [1.82, 2.24) is 20.2 Å². The Morgan fingerprint density at radius 3 is 2.27 bits per heavy atom. The first-order valence-electron chi connectivity index (χ1n) is 13.3. The highest BCUT2D eigenvalue weighted by atomic mass is 16.5. The minimum absolute atomic E-state index is 0.0728. The first-order chi connectivity index (χ1) is 19.6. The zero-order chi connectivity index (χ0) is 27.9. The number of hydrogen-bond donors (Lipinski definition) is 1. The Kier molecular flexibility index (Phi) is 8.60. The molecule has 0 unspecified atom stereocenters. The Morgan fingerprint density at radius 1 is 0.875 bits per heavy atom. The van der Waals surface area contributed by atoms with Crippen molar-refractivity contribution < 1.29 is 23.8 Å². The fraction of sp³-hybridized carbons (Fsp3) is 0.379. The molecule has 0 saturated carbocycles. The fourth-order valence-electron chi connectivity index (χ4n) is 4.92. The molecule has 2 aliphatic rings. The lowest BCUT2D eigenvalue weighted by atomic mass is 10.1. The zero-order valence-electron chi connectivity index (χ0n) is 22.8. The number of nitrogens with zero attached hydrogens (tertiary/aromatic N) is 5. The zero-order valence-corrected chi connectivity index (χ0v) is 22.8. The average Bonchev–Trinajstić information content (AvgIpc) is 3.03. The molecule has 210 valence electrons. The Bertz CT molecular complexity index is 1320. The lowest BCUT2D eigenvalue weighted by molar-refractivity contribution is -0.130. The maximum Gasteiger partial charge on any atom is 0.251 e. The molecule has 0 radical (unpaired) electrons. The van der Waals surface area contributed by atoms with E-state index in [2.05, 4.69) is 37.2 Å². The molecule has 0 bridgehead atoms. The molecule has 2 saturated heterocycles. The van der Waals surface area contributed by atoms with Gasteiger partial charge in [0.05, 0.1) is 34.0 Å². The maximum atomic E-state index is 12.9. The lowest BCUT2D eigenvalue weighted by Gasteiger charge is -2.37. The Hall–Kier alpha value is -4.38. The van der Waals surface area contributed by atoms with Gasteiger partial charge in [0.2, 0.25) is 11.9 Å². The van der Waals surface area contributed by atoms with E-state index >= 15 is 0 Å². The van der Waals surface area contributed by atoms with Crippen molar-refractivity contribution in [2.75, 3.05) is 83.0 Å². The number of methoxy groups -OCH3 is 2. The van der Waals surface area contributed by atoms with Crippen molar-refractivity contribution in [2.24, 2.45) is 0 Å². The first kappa shape index (κ1) is 27.2. The standard InChI is InChI=1S/C29H34N6O5/c1-38-25-8-7-21(17-26(25)39-2)28(37)30-20-27(36)34-11-9-33(10-12-34)24-6-4-3-5-23(24)22-18-31-29(32-19-22)35-13-15-40-16-14-35/h3-8,17-19H,9-16,20H2,1-2H3,(H,30,37). The smallest absolute Gasteiger partial charge is 0.251 e. The fourth-order valence-corrected chi connectivity index (χ4v) is 4.92. The van der Waals surface area contributed by atoms with Crippen LogP contribution in [0.1, 0.15) is 10.4 Å². The molecule has 0 aliphatic carbocycles. The van der Waals surface area contributed by atoms with Crippen molar-refractivity contribution >= 4 is 23.5 Å². The van der Waals surface area contributed by atoms with Crippen LogP contribution >= 0.6 is 0 Å². The highest BCUT2D eigenvalue weighted by Crippen LogP contribution is 2.31. The van der Waals surface area contributed by atoms with E-state index in [-0.39, 0.29) is 18.4 Å². The van der Waals surface area contributed by atoms with E-state index in [1.807, 2.05) is 24.5 Å². The number of para-hydroxylation sites is 1. The van der Waals surface area contributed by atoms with Crippen molar-refractivity contribution in [3.05, 3.63) is 60.4 Å². The summed E-state index contributed by atoms with van der Waals surface area (Å²) in [7, 11) is 3.05. The summed E-state index contributed by atoms with van der Waals surface area (Å²) in [6.45, 7) is 5.36. The van der Waals surface area contributed by atoms with E-state index in [1.54, 1.807) is 23.1 Å². The molecule has 0 atom stereocenters. The number of morpholine rings is 1. The molecule has 2 aliphatic heterocycles. The number of carbonyl (C=O) groups excluding carboxylic acids is 2. The van der Waals surface area contributed by atoms with Gasteiger partial charge in [-0.2, -0.15) is 0 Å². The maximum absolute atomic E-state index is 12.9. The minimum Gasteiger partial charge on any atom is -0.493 e. The van der Waals surface area contributed by atoms with Gasteiger partial charge in [-0.1, -0.05) is 18.2 Å². The van der Waals surface area contributed by atoms with E-state index in [4.69, 9.17) is 14.2 Å². The van der Waals surface area contributed by atoms with Crippen molar-refractivity contribution in [3.63, 3.8) is 0 Å². The molecule has 2 aromatic carbocycles. The third-order valence-electron chi connectivity index (χ3n) is 7.17. The molecule has 5 rings (SSSR count). The highest BCUT2D eigenvalue weighted by molar-refractivity contribution is 5.97. The van der Waals surface area contributed by atoms with Crippen LogP contribution in [0.25, 0.3) is 11.1 Å². The van der Waals surface area contributed by atoms with Gasteiger partial charge in [0.15, 0.2) is 11.5 Å². The molecule has 1 N–H and O–H groups in total. The predicted molar refractivity (Wildman–Crippen MR) is 151 cm³/mol. The number of aromatic nitrogens is 2. The van der Waals surface area contributed by atoms with E-state index in [0.29, 0.717) is 56.5 Å². The van der Waals surface area contributed by atoms with Gasteiger partial charge in [-0.25, -0.2) is 9.97 Å². The van der Waals surface area contributed by atoms with Gasteiger partial charge in [0.1, 0.15) is 0 Å². The molecule has 1 aromatic heterocycles. The second-order valence-electron chi connectivity index (χ2n) is 9.51. The molecule has 0 spiro atoms. The third kappa shape index (κ3) is 6.09. The SMILES string of the molecule is COc1ccc(C(=O)NCC(=O)N2CCN(c3ccccc3-c3cnc(N4CCOCC4)nc3)CC2)cc1OC. The molecule has 40 heavy (non-hydrogen) atoms. The summed E-state index contributed by atoms with van der Waals surface area (Å²) in [5, 5.41) is 2.72. The van der Waals surface area contributed by atoms with E-state index < -0.39 is 0 Å². The Balaban J connectivity index is 1.17. The molecular weight excluding hydrogens is 512 g/mol. The number of rotatable bonds is 8. The molecule has 2 amide bonds. The largest absolute Gasteiger partial charge is 0.493 e. The van der Waals surface area contributed by atoms with Crippen molar-refractivity contribution in [2.45, 2.75) is 0 Å². The van der Waals surface area contributed by atoms with Gasteiger partial charge in [0, 0.05) is 74.0 Å². The summed E-state index contributed by atoms with van der Waals surface area (Å²) in [4.78, 5) is 40.9. The first-order valence-corrected chi connectivity index (χ1v) is 13.3. The summed E-state index contributed by atoms with van der Waals surface area (Å²) in [6.07, 6.45) is 3.75. The van der Waals surface area contributed by atoms with Crippen LogP contribution in [0.3, 0.4) is 0 Å². The summed E-state index contributed by atoms with van der Waals surface area (Å²) in [5.41, 5.74) is 3.48. The number of anilines is 2. The topological polar surface area (TPSA) is 109 Å². The van der Waals surface area contributed by atoms with E-state index in [1.165, 1.54) is 14.2 Å². The average molecular weight is 547 g/mol. The van der Waals surface area contributed by atoms with Gasteiger partial charge in [-0.15, -0.1) is 0 Å². The molecule has 3 aromatic rings. The molecule has 11 nitrogen and oxygen atoms in total. The summed E-state index contributed by atoms with van der Waals surface area (Å²) >= 11 is 0. The van der Waals surface area contributed by atoms with Crippen molar-refractivity contribution in [3.8, 4) is 22.6 Å². The van der Waals surface area contributed by atoms with Crippen LogP contribution in [-0.2, 0) is 9.53 Å². The number of hydrogen-bond acceptors (Lipinski definition) is 9. The Morgan fingerprint density at radius 2 is 1.57 bits per heavy atom. The van der Waals surface area contributed by atoms with Gasteiger partial charge >= 0.3 is 0 Å². The number of ether oxygens (including phenoxy) is 3. The number of carbonyl (C=O) groups is 2. The second kappa shape index (κ2) is 12.6. The van der Waals surface area contributed by atoms with Crippen LogP contribution < -0.4 is 24.6 Å². The summed E-state index contributed by atoms with van der Waals surface area (Å²) in [5.74, 6) is 1.25. The predicted octanol–water partition coefficient (Wildman–Crippen LogP) is 2.08. The molecule has 3 heterocycles. The summed E-state index contributed by atoms with van der Waals surface area (Å²) < 4.78 is 15.9. The third-order valence-corrected chi connectivity index (χ3v) is 7.17. The van der Waals surface area contributed by atoms with Crippen molar-refractivity contribution in [1.29, 1.82) is 0 Å². The van der Waals surface area contributed by atoms with Crippen LogP contribution in [0, 0.1) is 0 Å². The second-order valence-corrected chi connectivity index (χ2v) is 9.51. The number of nitrogens with one attached hydrogen (secondary N) is 1. The highest BCUT2D eigenvalue weighted by Gasteiger charge is 2.24. The van der Waals surface area contributed by atoms with Gasteiger partial charge < -0.3 is 34.2 Å². The van der Waals surface area contributed by atoms with Gasteiger partial charge in [-0.3, -0.25) is 9.59 Å². The number of amides is 2. The number of piperazine rings is 1. The van der Waals surface area contributed by atoms with Crippen LogP contribution in [0.2, 0.25) is 0 Å². The van der Waals surface area contributed by atoms with Gasteiger partial charge in [-0.05, 0) is 24.3 Å². The number of benzene rings is 2. The normalized spacial score (nSPS) is 15.5. The van der Waals surface area contributed by atoms with E-state index in [0.717, 1.165) is 35.9 Å². The Labute approximate surface area is 233 Å². The van der Waals surface area contributed by atoms with E-state index in [9.17, 15) is 9.59 Å². The van der Waals surface area contributed by atoms with Crippen LogP contribution in [0.4, 0.5) is 11.6 Å². The molecular formula is C29H34N6O5. The molecule has 2 fully saturated rings. The van der Waals surface area contributed by atoms with Crippen LogP contribution in [-0.4, -0.2) is 99.9 Å². The summed E-state index contributed by atoms with van der Waals surface area (Å²) in [6, 6.07) is 13.1. The minimum atomic E-state index is -0.344. The molecule has 11 heteroatoms. The van der Waals surface area contributed by atoms with Crippen LogP contribution in [0.15, 0.2) is 54.9 Å².